The van der Waals surface area contributed by atoms with Gasteiger partial charge in [0.15, 0.2) is 0 Å². The van der Waals surface area contributed by atoms with E-state index < -0.39 is 27.5 Å². The first-order chi connectivity index (χ1) is 13.7. The standard InChI is InChI=1S/C22H29FN2O4S/c1-13(2)17-11-12-18(23)19(14(3)4)20(17)24-21(26)25-30(28,29)16-9-7-15(8-10-16)22(5,6)27/h7-14,27H,1-6H3,(H2,24,25,26). The van der Waals surface area contributed by atoms with E-state index in [2.05, 4.69) is 5.32 Å². The van der Waals surface area contributed by atoms with Gasteiger partial charge >= 0.3 is 6.03 Å². The van der Waals surface area contributed by atoms with Crippen LogP contribution in [0.4, 0.5) is 14.9 Å². The largest absolute Gasteiger partial charge is 0.386 e. The van der Waals surface area contributed by atoms with Crippen LogP contribution < -0.4 is 10.0 Å². The van der Waals surface area contributed by atoms with Crippen molar-refractivity contribution in [3.63, 3.8) is 0 Å². The Morgan fingerprint density at radius 3 is 2.03 bits per heavy atom. The van der Waals surface area contributed by atoms with Crippen LogP contribution in [-0.2, 0) is 15.6 Å². The highest BCUT2D eigenvalue weighted by molar-refractivity contribution is 7.90. The number of nitrogens with one attached hydrogen (secondary N) is 2. The zero-order valence-electron chi connectivity index (χ0n) is 18.1. The normalized spacial score (nSPS) is 12.3. The van der Waals surface area contributed by atoms with Crippen molar-refractivity contribution in [3.8, 4) is 0 Å². The summed E-state index contributed by atoms with van der Waals surface area (Å²) in [7, 11) is -4.16. The predicted octanol–water partition coefficient (Wildman–Crippen LogP) is 4.81. The maximum Gasteiger partial charge on any atom is 0.333 e. The van der Waals surface area contributed by atoms with Crippen LogP contribution in [0.5, 0.6) is 0 Å². The number of urea groups is 1. The number of sulfonamides is 1. The number of hydrogen-bond acceptors (Lipinski definition) is 4. The Balaban J connectivity index is 2.32. The molecular formula is C22H29FN2O4S. The van der Waals surface area contributed by atoms with Gasteiger partial charge in [0, 0.05) is 5.56 Å². The van der Waals surface area contributed by atoms with Gasteiger partial charge in [-0.2, -0.15) is 0 Å². The maximum atomic E-state index is 14.4. The fourth-order valence-electron chi connectivity index (χ4n) is 3.16. The minimum Gasteiger partial charge on any atom is -0.386 e. The lowest BCUT2D eigenvalue weighted by atomic mass is 9.92. The van der Waals surface area contributed by atoms with Crippen LogP contribution in [0.25, 0.3) is 0 Å². The summed E-state index contributed by atoms with van der Waals surface area (Å²) in [6.45, 7) is 10.6. The summed E-state index contributed by atoms with van der Waals surface area (Å²) in [6.07, 6.45) is 0. The first-order valence-electron chi connectivity index (χ1n) is 9.73. The summed E-state index contributed by atoms with van der Waals surface area (Å²) >= 11 is 0. The fourth-order valence-corrected chi connectivity index (χ4v) is 4.07. The van der Waals surface area contributed by atoms with Gasteiger partial charge in [-0.05, 0) is 55.0 Å². The lowest BCUT2D eigenvalue weighted by molar-refractivity contribution is 0.0785. The van der Waals surface area contributed by atoms with Gasteiger partial charge < -0.3 is 10.4 Å². The van der Waals surface area contributed by atoms with E-state index in [1.54, 1.807) is 33.8 Å². The number of carbonyl (C=O) groups excluding carboxylic acids is 1. The molecule has 0 atom stereocenters. The Morgan fingerprint density at radius 2 is 1.57 bits per heavy atom. The van der Waals surface area contributed by atoms with E-state index in [4.69, 9.17) is 0 Å². The van der Waals surface area contributed by atoms with Crippen molar-refractivity contribution >= 4 is 21.7 Å². The van der Waals surface area contributed by atoms with E-state index in [1.807, 2.05) is 18.6 Å². The summed E-state index contributed by atoms with van der Waals surface area (Å²) in [5.74, 6) is -0.691. The molecule has 164 valence electrons. The first kappa shape index (κ1) is 23.8. The van der Waals surface area contributed by atoms with Crippen LogP contribution in [-0.4, -0.2) is 19.6 Å². The Kier molecular flexibility index (Phi) is 6.94. The van der Waals surface area contributed by atoms with Gasteiger partial charge in [-0.15, -0.1) is 0 Å². The van der Waals surface area contributed by atoms with Gasteiger partial charge in [-0.1, -0.05) is 45.9 Å². The summed E-state index contributed by atoms with van der Waals surface area (Å²) in [5.41, 5.74) is 0.731. The summed E-state index contributed by atoms with van der Waals surface area (Å²) < 4.78 is 41.6. The van der Waals surface area contributed by atoms with Crippen molar-refractivity contribution in [3.05, 3.63) is 58.9 Å². The molecule has 2 rings (SSSR count). The third-order valence-electron chi connectivity index (χ3n) is 4.76. The second kappa shape index (κ2) is 8.73. The summed E-state index contributed by atoms with van der Waals surface area (Å²) in [6, 6.07) is 7.55. The molecule has 0 radical (unpaired) electrons. The van der Waals surface area contributed by atoms with Crippen LogP contribution in [0.15, 0.2) is 41.3 Å². The third kappa shape index (κ3) is 5.37. The van der Waals surface area contributed by atoms with Crippen LogP contribution in [0.1, 0.15) is 70.1 Å². The summed E-state index contributed by atoms with van der Waals surface area (Å²) in [5, 5.41) is 12.5. The number of carbonyl (C=O) groups is 1. The van der Waals surface area contributed by atoms with Crippen molar-refractivity contribution in [1.29, 1.82) is 0 Å². The number of amides is 2. The molecule has 0 aliphatic heterocycles. The lowest BCUT2D eigenvalue weighted by Crippen LogP contribution is -2.35. The molecule has 0 heterocycles. The first-order valence-corrected chi connectivity index (χ1v) is 11.2. The Morgan fingerprint density at radius 1 is 1.00 bits per heavy atom. The SMILES string of the molecule is CC(C)c1ccc(F)c(C(C)C)c1NC(=O)NS(=O)(=O)c1ccc(C(C)(C)O)cc1. The molecule has 2 aromatic rings. The number of aliphatic hydroxyl groups is 1. The number of anilines is 1. The molecule has 2 aromatic carbocycles. The smallest absolute Gasteiger partial charge is 0.333 e. The second-order valence-corrected chi connectivity index (χ2v) is 10.1. The van der Waals surface area contributed by atoms with E-state index >= 15 is 0 Å². The molecule has 0 fully saturated rings. The molecular weight excluding hydrogens is 407 g/mol. The fraction of sp³-hybridized carbons (Fsp3) is 0.409. The van der Waals surface area contributed by atoms with E-state index in [1.165, 1.54) is 30.3 Å². The highest BCUT2D eigenvalue weighted by Crippen LogP contribution is 2.34. The molecule has 0 spiro atoms. The Labute approximate surface area is 177 Å². The van der Waals surface area contributed by atoms with Crippen LogP contribution in [0, 0.1) is 5.82 Å². The zero-order valence-corrected chi connectivity index (χ0v) is 18.9. The molecule has 0 aromatic heterocycles. The zero-order chi connectivity index (χ0) is 22.9. The van der Waals surface area contributed by atoms with E-state index in [0.29, 0.717) is 16.7 Å². The predicted molar refractivity (Wildman–Crippen MR) is 116 cm³/mol. The quantitative estimate of drug-likeness (QED) is 0.605. The van der Waals surface area contributed by atoms with Crippen molar-refractivity contribution in [2.45, 2.75) is 63.9 Å². The van der Waals surface area contributed by atoms with E-state index in [0.717, 1.165) is 0 Å². The molecule has 6 nitrogen and oxygen atoms in total. The monoisotopic (exact) mass is 436 g/mol. The highest BCUT2D eigenvalue weighted by atomic mass is 32.2. The van der Waals surface area contributed by atoms with E-state index in [9.17, 15) is 22.7 Å². The maximum absolute atomic E-state index is 14.4. The van der Waals surface area contributed by atoms with Crippen molar-refractivity contribution in [1.82, 2.24) is 4.72 Å². The average molecular weight is 437 g/mol. The molecule has 0 aliphatic carbocycles. The molecule has 3 N–H and O–H groups in total. The second-order valence-electron chi connectivity index (χ2n) is 8.38. The van der Waals surface area contributed by atoms with Gasteiger partial charge in [-0.3, -0.25) is 0 Å². The molecule has 0 saturated carbocycles. The third-order valence-corrected chi connectivity index (χ3v) is 6.11. The average Bonchev–Trinajstić information content (AvgIpc) is 2.60. The van der Waals surface area contributed by atoms with Gasteiger partial charge in [0.05, 0.1) is 16.2 Å². The number of benzene rings is 2. The van der Waals surface area contributed by atoms with Crippen molar-refractivity contribution in [2.75, 3.05) is 5.32 Å². The van der Waals surface area contributed by atoms with Crippen molar-refractivity contribution in [2.24, 2.45) is 0 Å². The van der Waals surface area contributed by atoms with Crippen LogP contribution >= 0.6 is 0 Å². The highest BCUT2D eigenvalue weighted by Gasteiger charge is 2.24. The Bertz CT molecular complexity index is 1020. The molecule has 8 heteroatoms. The van der Waals surface area contributed by atoms with Crippen LogP contribution in [0.2, 0.25) is 0 Å². The topological polar surface area (TPSA) is 95.5 Å². The summed E-state index contributed by atoms with van der Waals surface area (Å²) in [4.78, 5) is 12.4. The van der Waals surface area contributed by atoms with Crippen molar-refractivity contribution < 1.29 is 22.7 Å². The van der Waals surface area contributed by atoms with Gasteiger partial charge in [-0.25, -0.2) is 22.3 Å². The van der Waals surface area contributed by atoms with Gasteiger partial charge in [0.2, 0.25) is 0 Å². The van der Waals surface area contributed by atoms with Gasteiger partial charge in [0.25, 0.3) is 10.0 Å². The number of hydrogen-bond donors (Lipinski definition) is 3. The molecule has 30 heavy (non-hydrogen) atoms. The molecule has 0 aliphatic rings. The molecule has 0 unspecified atom stereocenters. The van der Waals surface area contributed by atoms with E-state index in [-0.39, 0.29) is 22.4 Å². The molecule has 2 amide bonds. The number of halogens is 1. The lowest BCUT2D eigenvalue weighted by Gasteiger charge is -2.21. The Hall–Kier alpha value is -2.45. The van der Waals surface area contributed by atoms with Crippen LogP contribution in [0.3, 0.4) is 0 Å². The molecule has 0 saturated heterocycles. The van der Waals surface area contributed by atoms with Gasteiger partial charge in [0.1, 0.15) is 5.82 Å². The minimum atomic E-state index is -4.16. The number of rotatable bonds is 6. The minimum absolute atomic E-state index is 0.00983. The molecule has 0 bridgehead atoms.